The van der Waals surface area contributed by atoms with Gasteiger partial charge in [-0.3, -0.25) is 9.69 Å². The summed E-state index contributed by atoms with van der Waals surface area (Å²) in [6, 6.07) is 3.35. The quantitative estimate of drug-likeness (QED) is 0.682. The third-order valence-corrected chi connectivity index (χ3v) is 2.44. The van der Waals surface area contributed by atoms with E-state index in [-0.39, 0.29) is 12.4 Å². The molecule has 0 bridgehead atoms. The summed E-state index contributed by atoms with van der Waals surface area (Å²) in [7, 11) is 0. The van der Waals surface area contributed by atoms with E-state index in [4.69, 9.17) is 0 Å². The molecule has 0 radical (unpaired) electrons. The number of rotatable bonds is 0. The Morgan fingerprint density at radius 1 is 1.44 bits per heavy atom. The zero-order valence-corrected chi connectivity index (χ0v) is 8.29. The van der Waals surface area contributed by atoms with Gasteiger partial charge >= 0.3 is 12.1 Å². The first-order valence-corrected chi connectivity index (χ1v) is 4.83. The molecule has 1 aromatic rings. The van der Waals surface area contributed by atoms with E-state index < -0.39 is 12.1 Å². The summed E-state index contributed by atoms with van der Waals surface area (Å²) < 4.78 is 36.9. The third-order valence-electron chi connectivity index (χ3n) is 2.44. The van der Waals surface area contributed by atoms with E-state index in [0.717, 1.165) is 0 Å². The zero-order valence-electron chi connectivity index (χ0n) is 8.29. The molecule has 6 heteroatoms. The van der Waals surface area contributed by atoms with Crippen LogP contribution in [-0.4, -0.2) is 23.6 Å². The Balaban J connectivity index is 2.36. The van der Waals surface area contributed by atoms with Crippen molar-refractivity contribution in [2.75, 3.05) is 11.4 Å². The van der Waals surface area contributed by atoms with Crippen molar-refractivity contribution in [1.29, 1.82) is 0 Å². The predicted molar refractivity (Wildman–Crippen MR) is 51.0 cm³/mol. The molecule has 0 aromatic carbocycles. The summed E-state index contributed by atoms with van der Waals surface area (Å²) in [6.45, 7) is 0.0718. The van der Waals surface area contributed by atoms with Gasteiger partial charge in [-0.2, -0.15) is 13.2 Å². The fourth-order valence-electron chi connectivity index (χ4n) is 1.75. The van der Waals surface area contributed by atoms with Crippen LogP contribution in [0, 0.1) is 0 Å². The largest absolute Gasteiger partial charge is 0.471 e. The Labute approximate surface area is 89.9 Å². The van der Waals surface area contributed by atoms with E-state index in [2.05, 4.69) is 4.98 Å². The van der Waals surface area contributed by atoms with E-state index >= 15 is 0 Å². The second-order valence-corrected chi connectivity index (χ2v) is 3.54. The molecule has 3 nitrogen and oxygen atoms in total. The number of aryl methyl sites for hydroxylation is 1. The van der Waals surface area contributed by atoms with Gasteiger partial charge in [-0.05, 0) is 24.5 Å². The summed E-state index contributed by atoms with van der Waals surface area (Å²) >= 11 is 0. The van der Waals surface area contributed by atoms with Crippen LogP contribution in [0.25, 0.3) is 0 Å². The fourth-order valence-corrected chi connectivity index (χ4v) is 1.75. The van der Waals surface area contributed by atoms with E-state index in [1.807, 2.05) is 0 Å². The summed E-state index contributed by atoms with van der Waals surface area (Å²) in [5.74, 6) is -1.71. The number of amides is 1. The molecule has 0 fully saturated rings. The van der Waals surface area contributed by atoms with Crippen LogP contribution in [0.15, 0.2) is 18.3 Å². The van der Waals surface area contributed by atoms with Gasteiger partial charge in [0.05, 0.1) is 0 Å². The van der Waals surface area contributed by atoms with Gasteiger partial charge in [-0.1, -0.05) is 6.07 Å². The van der Waals surface area contributed by atoms with Gasteiger partial charge in [0.15, 0.2) is 0 Å². The number of carbonyl (C=O) groups is 1. The topological polar surface area (TPSA) is 33.2 Å². The van der Waals surface area contributed by atoms with Crippen molar-refractivity contribution in [3.05, 3.63) is 23.9 Å². The van der Waals surface area contributed by atoms with Gasteiger partial charge in [0.1, 0.15) is 5.82 Å². The van der Waals surface area contributed by atoms with Crippen molar-refractivity contribution in [1.82, 2.24) is 4.98 Å². The smallest absolute Gasteiger partial charge is 0.289 e. The van der Waals surface area contributed by atoms with E-state index in [1.54, 1.807) is 12.1 Å². The van der Waals surface area contributed by atoms with Gasteiger partial charge in [-0.25, -0.2) is 4.98 Å². The van der Waals surface area contributed by atoms with Crippen LogP contribution in [-0.2, 0) is 11.2 Å². The Kier molecular flexibility index (Phi) is 2.57. The highest BCUT2D eigenvalue weighted by Gasteiger charge is 2.44. The van der Waals surface area contributed by atoms with Crippen molar-refractivity contribution in [2.24, 2.45) is 0 Å². The molecule has 1 aliphatic rings. The number of hydrogen-bond donors (Lipinski definition) is 0. The lowest BCUT2D eigenvalue weighted by molar-refractivity contribution is -0.170. The van der Waals surface area contributed by atoms with Crippen LogP contribution in [0.1, 0.15) is 12.0 Å². The molecule has 1 amide bonds. The van der Waals surface area contributed by atoms with Gasteiger partial charge in [-0.15, -0.1) is 0 Å². The Bertz CT molecular complexity index is 417. The first-order valence-electron chi connectivity index (χ1n) is 4.83. The Hall–Kier alpha value is -1.59. The molecule has 86 valence electrons. The number of pyridine rings is 1. The molecule has 0 aliphatic carbocycles. The second kappa shape index (κ2) is 3.77. The number of anilines is 1. The second-order valence-electron chi connectivity index (χ2n) is 3.54. The van der Waals surface area contributed by atoms with Crippen LogP contribution in [0.3, 0.4) is 0 Å². The number of aromatic nitrogens is 1. The number of alkyl halides is 3. The molecule has 0 unspecified atom stereocenters. The van der Waals surface area contributed by atoms with Gasteiger partial charge < -0.3 is 0 Å². The summed E-state index contributed by atoms with van der Waals surface area (Å²) in [5, 5.41) is 0. The minimum atomic E-state index is -4.84. The van der Waals surface area contributed by atoms with Crippen LogP contribution < -0.4 is 4.90 Å². The third kappa shape index (κ3) is 1.87. The molecular weight excluding hydrogens is 221 g/mol. The highest BCUT2D eigenvalue weighted by molar-refractivity contribution is 5.97. The molecule has 1 aromatic heterocycles. The van der Waals surface area contributed by atoms with Crippen LogP contribution in [0.2, 0.25) is 0 Å². The molecule has 0 spiro atoms. The Morgan fingerprint density at radius 2 is 2.19 bits per heavy atom. The number of hydrogen-bond acceptors (Lipinski definition) is 2. The molecule has 2 rings (SSSR count). The van der Waals surface area contributed by atoms with Gasteiger partial charge in [0, 0.05) is 12.7 Å². The molecule has 16 heavy (non-hydrogen) atoms. The maximum absolute atomic E-state index is 12.3. The van der Waals surface area contributed by atoms with Crippen LogP contribution >= 0.6 is 0 Å². The minimum Gasteiger partial charge on any atom is -0.289 e. The minimum absolute atomic E-state index is 0.0718. The van der Waals surface area contributed by atoms with Crippen molar-refractivity contribution in [3.8, 4) is 0 Å². The average molecular weight is 230 g/mol. The first-order chi connectivity index (χ1) is 7.50. The predicted octanol–water partition coefficient (Wildman–Crippen LogP) is 1.92. The van der Waals surface area contributed by atoms with Gasteiger partial charge in [0.25, 0.3) is 0 Å². The van der Waals surface area contributed by atoms with Crippen molar-refractivity contribution in [2.45, 2.75) is 19.0 Å². The highest BCUT2D eigenvalue weighted by Crippen LogP contribution is 2.28. The number of carbonyl (C=O) groups excluding carboxylic acids is 1. The summed E-state index contributed by atoms with van der Waals surface area (Å²) in [4.78, 5) is 15.7. The lowest BCUT2D eigenvalue weighted by atomic mass is 10.1. The maximum atomic E-state index is 12.3. The lowest BCUT2D eigenvalue weighted by Crippen LogP contribution is -2.44. The first kappa shape index (κ1) is 10.9. The molecule has 0 N–H and O–H groups in total. The summed E-state index contributed by atoms with van der Waals surface area (Å²) in [5.41, 5.74) is 0.686. The Morgan fingerprint density at radius 3 is 2.88 bits per heavy atom. The van der Waals surface area contributed by atoms with Crippen LogP contribution in [0.4, 0.5) is 19.0 Å². The maximum Gasteiger partial charge on any atom is 0.471 e. The lowest BCUT2D eigenvalue weighted by Gasteiger charge is -2.28. The normalized spacial score (nSPS) is 15.8. The van der Waals surface area contributed by atoms with Crippen molar-refractivity contribution in [3.63, 3.8) is 0 Å². The van der Waals surface area contributed by atoms with E-state index in [9.17, 15) is 18.0 Å². The monoisotopic (exact) mass is 230 g/mol. The molecule has 2 heterocycles. The number of halogens is 3. The molecular formula is C10H9F3N2O. The van der Waals surface area contributed by atoms with Gasteiger partial charge in [0.2, 0.25) is 0 Å². The van der Waals surface area contributed by atoms with Crippen molar-refractivity contribution < 1.29 is 18.0 Å². The van der Waals surface area contributed by atoms with Crippen molar-refractivity contribution >= 4 is 11.7 Å². The molecule has 0 saturated heterocycles. The number of nitrogens with zero attached hydrogens (tertiary/aromatic N) is 2. The number of fused-ring (bicyclic) bond motifs is 1. The standard InChI is InChI=1S/C10H9F3N2O/c11-10(12,13)9(16)15-6-2-4-7-3-1-5-14-8(7)15/h1,3,5H,2,4,6H2. The molecule has 0 saturated carbocycles. The summed E-state index contributed by atoms with van der Waals surface area (Å²) in [6.07, 6.45) is -2.27. The molecule has 0 atom stereocenters. The SMILES string of the molecule is O=C(N1CCCc2cccnc21)C(F)(F)F. The fraction of sp³-hybridized carbons (Fsp3) is 0.400. The molecule has 1 aliphatic heterocycles. The average Bonchev–Trinajstić information content (AvgIpc) is 2.26. The highest BCUT2D eigenvalue weighted by atomic mass is 19.4. The van der Waals surface area contributed by atoms with E-state index in [1.165, 1.54) is 6.20 Å². The van der Waals surface area contributed by atoms with Crippen LogP contribution in [0.5, 0.6) is 0 Å². The van der Waals surface area contributed by atoms with E-state index in [0.29, 0.717) is 23.3 Å². The zero-order chi connectivity index (χ0) is 11.8.